The van der Waals surface area contributed by atoms with Gasteiger partial charge in [-0.3, -0.25) is 10.2 Å². The van der Waals surface area contributed by atoms with Crippen molar-refractivity contribution in [3.8, 4) is 6.07 Å². The van der Waals surface area contributed by atoms with Gasteiger partial charge in [0.1, 0.15) is 11.9 Å². The molecule has 6 heteroatoms. The quantitative estimate of drug-likeness (QED) is 0.486. The molecule has 0 aliphatic carbocycles. The van der Waals surface area contributed by atoms with Gasteiger partial charge >= 0.3 is 0 Å². The van der Waals surface area contributed by atoms with E-state index in [9.17, 15) is 4.79 Å². The Kier molecular flexibility index (Phi) is 3.78. The fraction of sp³-hybridized carbons (Fsp3) is 0.308. The van der Waals surface area contributed by atoms with Gasteiger partial charge in [0.05, 0.1) is 23.5 Å². The van der Waals surface area contributed by atoms with Gasteiger partial charge in [-0.1, -0.05) is 19.1 Å². The Labute approximate surface area is 110 Å². The van der Waals surface area contributed by atoms with Crippen LogP contribution in [0, 0.1) is 11.3 Å². The van der Waals surface area contributed by atoms with E-state index in [0.29, 0.717) is 12.2 Å². The lowest BCUT2D eigenvalue weighted by Crippen LogP contribution is -2.37. The minimum Gasteiger partial charge on any atom is -0.314 e. The molecule has 2 rings (SSSR count). The molecule has 0 aliphatic heterocycles. The average Bonchev–Trinajstić information content (AvgIpc) is 2.78. The van der Waals surface area contributed by atoms with Crippen molar-refractivity contribution in [1.29, 1.82) is 5.26 Å². The second-order valence-electron chi connectivity index (χ2n) is 4.15. The van der Waals surface area contributed by atoms with E-state index in [0.717, 1.165) is 11.0 Å². The molecule has 1 heterocycles. The summed E-state index contributed by atoms with van der Waals surface area (Å²) in [4.78, 5) is 16.3. The lowest BCUT2D eigenvalue weighted by atomic mass is 10.2. The van der Waals surface area contributed by atoms with Crippen molar-refractivity contribution in [2.75, 3.05) is 0 Å². The van der Waals surface area contributed by atoms with Gasteiger partial charge in [0.25, 0.3) is 5.91 Å². The van der Waals surface area contributed by atoms with Crippen LogP contribution in [0.2, 0.25) is 0 Å². The minimum atomic E-state index is -0.458. The van der Waals surface area contributed by atoms with Gasteiger partial charge in [-0.25, -0.2) is 10.8 Å². The van der Waals surface area contributed by atoms with Crippen LogP contribution in [0.25, 0.3) is 11.0 Å². The summed E-state index contributed by atoms with van der Waals surface area (Å²) in [5, 5.41) is 8.89. The molecule has 1 amide bonds. The summed E-state index contributed by atoms with van der Waals surface area (Å²) < 4.78 is 1.79. The Bertz CT molecular complexity index is 640. The van der Waals surface area contributed by atoms with Crippen LogP contribution < -0.4 is 11.3 Å². The van der Waals surface area contributed by atoms with E-state index in [-0.39, 0.29) is 12.3 Å². The summed E-state index contributed by atoms with van der Waals surface area (Å²) in [6.45, 7) is 1.89. The molecule has 0 spiro atoms. The molecular weight excluding hydrogens is 242 g/mol. The fourth-order valence-corrected chi connectivity index (χ4v) is 2.22. The van der Waals surface area contributed by atoms with Crippen molar-refractivity contribution in [2.45, 2.75) is 25.8 Å². The first-order chi connectivity index (χ1) is 9.22. The molecule has 3 N–H and O–H groups in total. The Hall–Kier alpha value is -2.39. The predicted molar refractivity (Wildman–Crippen MR) is 70.7 cm³/mol. The van der Waals surface area contributed by atoms with Crippen LogP contribution in [0.1, 0.15) is 25.2 Å². The van der Waals surface area contributed by atoms with Crippen molar-refractivity contribution < 1.29 is 4.79 Å². The molecule has 1 atom stereocenters. The number of nitrogens with two attached hydrogens (primary N) is 1. The molecule has 0 fully saturated rings. The molecule has 98 valence electrons. The Morgan fingerprint density at radius 2 is 2.32 bits per heavy atom. The average molecular weight is 257 g/mol. The summed E-state index contributed by atoms with van der Waals surface area (Å²) in [5.74, 6) is 5.52. The maximum absolute atomic E-state index is 11.9. The van der Waals surface area contributed by atoms with Crippen molar-refractivity contribution in [3.63, 3.8) is 0 Å². The number of aromatic nitrogens is 2. The molecule has 0 saturated carbocycles. The molecule has 2 aromatic rings. The number of para-hydroxylation sites is 2. The Morgan fingerprint density at radius 1 is 1.58 bits per heavy atom. The number of nitriles is 1. The molecule has 1 unspecified atom stereocenters. The molecule has 0 aliphatic rings. The number of benzene rings is 1. The van der Waals surface area contributed by atoms with Crippen molar-refractivity contribution in [2.24, 2.45) is 5.84 Å². The molecular formula is C13H15N5O. The van der Waals surface area contributed by atoms with Gasteiger partial charge in [-0.2, -0.15) is 5.26 Å². The van der Waals surface area contributed by atoms with Gasteiger partial charge in [-0.15, -0.1) is 0 Å². The van der Waals surface area contributed by atoms with Crippen molar-refractivity contribution >= 4 is 16.9 Å². The third kappa shape index (κ3) is 2.28. The van der Waals surface area contributed by atoms with Crippen molar-refractivity contribution in [1.82, 2.24) is 15.0 Å². The summed E-state index contributed by atoms with van der Waals surface area (Å²) in [6.07, 6.45) is 0.727. The molecule has 0 saturated heterocycles. The first kappa shape index (κ1) is 13.1. The number of hydrogen-bond acceptors (Lipinski definition) is 4. The normalized spacial score (nSPS) is 12.1. The van der Waals surface area contributed by atoms with E-state index in [1.807, 2.05) is 31.2 Å². The first-order valence-electron chi connectivity index (χ1n) is 6.06. The maximum atomic E-state index is 11.9. The van der Waals surface area contributed by atoms with Crippen LogP contribution in [-0.2, 0) is 11.2 Å². The van der Waals surface area contributed by atoms with E-state index in [1.165, 1.54) is 0 Å². The third-order valence-corrected chi connectivity index (χ3v) is 3.05. The van der Waals surface area contributed by atoms with Crippen LogP contribution >= 0.6 is 0 Å². The number of rotatable bonds is 4. The molecule has 1 aromatic carbocycles. The Balaban J connectivity index is 2.64. The van der Waals surface area contributed by atoms with Crippen LogP contribution in [0.3, 0.4) is 0 Å². The summed E-state index contributed by atoms with van der Waals surface area (Å²) >= 11 is 0. The van der Waals surface area contributed by atoms with Crippen molar-refractivity contribution in [3.05, 3.63) is 30.1 Å². The number of nitrogens with one attached hydrogen (secondary N) is 1. The second-order valence-corrected chi connectivity index (χ2v) is 4.15. The number of imidazole rings is 1. The smallest absolute Gasteiger partial charge is 0.256 e. The first-order valence-corrected chi connectivity index (χ1v) is 6.06. The summed E-state index contributed by atoms with van der Waals surface area (Å²) in [5.41, 5.74) is 3.78. The van der Waals surface area contributed by atoms with E-state index >= 15 is 0 Å². The number of amides is 1. The summed E-state index contributed by atoms with van der Waals surface area (Å²) in [6, 6.07) is 9.12. The molecule has 1 aromatic heterocycles. The number of carbonyl (C=O) groups is 1. The zero-order valence-electron chi connectivity index (χ0n) is 10.6. The van der Waals surface area contributed by atoms with Crippen LogP contribution in [0.15, 0.2) is 24.3 Å². The van der Waals surface area contributed by atoms with Gasteiger partial charge in [0, 0.05) is 0 Å². The minimum absolute atomic E-state index is 0.156. The van der Waals surface area contributed by atoms with Crippen LogP contribution in [0.4, 0.5) is 0 Å². The number of fused-ring (bicyclic) bond motifs is 1. The highest BCUT2D eigenvalue weighted by Gasteiger charge is 2.23. The molecule has 0 radical (unpaired) electrons. The zero-order chi connectivity index (χ0) is 13.8. The number of nitrogens with zero attached hydrogens (tertiary/aromatic N) is 3. The topological polar surface area (TPSA) is 96.7 Å². The number of hydrogen-bond donors (Lipinski definition) is 2. The Morgan fingerprint density at radius 3 is 2.95 bits per heavy atom. The zero-order valence-corrected chi connectivity index (χ0v) is 10.6. The van der Waals surface area contributed by atoms with E-state index in [2.05, 4.69) is 16.5 Å². The largest absolute Gasteiger partial charge is 0.314 e. The fourth-order valence-electron chi connectivity index (χ4n) is 2.22. The lowest BCUT2D eigenvalue weighted by Gasteiger charge is -2.17. The number of hydrazine groups is 1. The van der Waals surface area contributed by atoms with E-state index in [4.69, 9.17) is 11.1 Å². The van der Waals surface area contributed by atoms with E-state index in [1.54, 1.807) is 4.57 Å². The summed E-state index contributed by atoms with van der Waals surface area (Å²) in [7, 11) is 0. The second kappa shape index (κ2) is 5.50. The standard InChI is InChI=1S/C13H15N5O/c1-2-10(13(19)17-15)18-11-6-4-3-5-9(11)16-12(18)7-8-14/h3-6,10H,2,7,15H2,1H3,(H,17,19). The van der Waals surface area contributed by atoms with Gasteiger partial charge in [0.15, 0.2) is 0 Å². The van der Waals surface area contributed by atoms with Crippen LogP contribution in [0.5, 0.6) is 0 Å². The van der Waals surface area contributed by atoms with E-state index < -0.39 is 6.04 Å². The lowest BCUT2D eigenvalue weighted by molar-refractivity contribution is -0.124. The predicted octanol–water partition coefficient (Wildman–Crippen LogP) is 1.04. The third-order valence-electron chi connectivity index (χ3n) is 3.05. The highest BCUT2D eigenvalue weighted by atomic mass is 16.2. The van der Waals surface area contributed by atoms with Gasteiger partial charge in [-0.05, 0) is 18.6 Å². The molecule has 0 bridgehead atoms. The molecule has 6 nitrogen and oxygen atoms in total. The highest BCUT2D eigenvalue weighted by Crippen LogP contribution is 2.23. The monoisotopic (exact) mass is 257 g/mol. The SMILES string of the molecule is CCC(C(=O)NN)n1c(CC#N)nc2ccccc21. The number of carbonyl (C=O) groups excluding carboxylic acids is 1. The van der Waals surface area contributed by atoms with Crippen LogP contribution in [-0.4, -0.2) is 15.5 Å². The maximum Gasteiger partial charge on any atom is 0.256 e. The molecule has 19 heavy (non-hydrogen) atoms. The van der Waals surface area contributed by atoms with Gasteiger partial charge in [0.2, 0.25) is 0 Å². The highest BCUT2D eigenvalue weighted by molar-refractivity contribution is 5.84. The van der Waals surface area contributed by atoms with Gasteiger partial charge < -0.3 is 4.57 Å².